The van der Waals surface area contributed by atoms with Gasteiger partial charge < -0.3 is 0 Å². The second-order valence-electron chi connectivity index (χ2n) is 2.23. The molecule has 0 aliphatic carbocycles. The van der Waals surface area contributed by atoms with Gasteiger partial charge in [-0.2, -0.15) is 0 Å². The maximum Gasteiger partial charge on any atom is 0.0601 e. The molecule has 0 aromatic carbocycles. The van der Waals surface area contributed by atoms with Crippen molar-refractivity contribution in [2.24, 2.45) is 0 Å². The molecule has 0 atom stereocenters. The minimum absolute atomic E-state index is 0.736. The summed E-state index contributed by atoms with van der Waals surface area (Å²) in [5.41, 5.74) is 0. The number of hydrogen-bond acceptors (Lipinski definition) is 1. The molecule has 0 N–H and O–H groups in total. The van der Waals surface area contributed by atoms with Crippen molar-refractivity contribution >= 4 is 0 Å². The van der Waals surface area contributed by atoms with Crippen LogP contribution in [0.2, 0.25) is 0 Å². The first kappa shape index (κ1) is 9.26. The molecule has 0 aliphatic rings. The van der Waals surface area contributed by atoms with Gasteiger partial charge in [0.25, 0.3) is 0 Å². The van der Waals surface area contributed by atoms with E-state index in [1.165, 1.54) is 0 Å². The number of hydrogen-bond donors (Lipinski definition) is 0. The maximum absolute atomic E-state index is 5.16. The van der Waals surface area contributed by atoms with Crippen molar-refractivity contribution in [3.05, 3.63) is 12.7 Å². The summed E-state index contributed by atoms with van der Waals surface area (Å²) in [5.74, 6) is 2.62. The molecule has 0 spiro atoms. The Morgan fingerprint density at radius 1 is 1.70 bits per heavy atom. The highest BCUT2D eigenvalue weighted by Crippen LogP contribution is 1.89. The Morgan fingerprint density at radius 2 is 2.40 bits per heavy atom. The van der Waals surface area contributed by atoms with Crippen LogP contribution in [0.4, 0.5) is 0 Å². The van der Waals surface area contributed by atoms with Crippen molar-refractivity contribution in [2.75, 3.05) is 19.6 Å². The van der Waals surface area contributed by atoms with Gasteiger partial charge in [-0.05, 0) is 13.0 Å². The third kappa shape index (κ3) is 4.17. The number of terminal acetylenes is 1. The quantitative estimate of drug-likeness (QED) is 0.410. The summed E-state index contributed by atoms with van der Waals surface area (Å²) in [5, 5.41) is 0. The molecule has 0 aliphatic heterocycles. The van der Waals surface area contributed by atoms with E-state index in [4.69, 9.17) is 6.42 Å². The van der Waals surface area contributed by atoms with E-state index in [0.29, 0.717) is 0 Å². The average molecular weight is 137 g/mol. The summed E-state index contributed by atoms with van der Waals surface area (Å²) in [4.78, 5) is 2.19. The van der Waals surface area contributed by atoms with Crippen LogP contribution in [0.3, 0.4) is 0 Å². The van der Waals surface area contributed by atoms with Crippen molar-refractivity contribution in [2.45, 2.75) is 13.3 Å². The molecule has 0 rings (SSSR count). The SMILES string of the molecule is C#CCN(CC=C)CCC. The van der Waals surface area contributed by atoms with E-state index in [9.17, 15) is 0 Å². The predicted octanol–water partition coefficient (Wildman–Crippen LogP) is 1.52. The Hall–Kier alpha value is -0.740. The van der Waals surface area contributed by atoms with Crippen LogP contribution in [-0.2, 0) is 0 Å². The largest absolute Gasteiger partial charge is 0.289 e. The smallest absolute Gasteiger partial charge is 0.0601 e. The normalized spacial score (nSPS) is 9.30. The highest BCUT2D eigenvalue weighted by atomic mass is 15.1. The van der Waals surface area contributed by atoms with E-state index >= 15 is 0 Å². The van der Waals surface area contributed by atoms with Crippen LogP contribution in [0.1, 0.15) is 13.3 Å². The number of nitrogens with zero attached hydrogens (tertiary/aromatic N) is 1. The Kier molecular flexibility index (Phi) is 5.91. The van der Waals surface area contributed by atoms with Gasteiger partial charge >= 0.3 is 0 Å². The van der Waals surface area contributed by atoms with Crippen LogP contribution >= 0.6 is 0 Å². The molecular weight excluding hydrogens is 122 g/mol. The minimum atomic E-state index is 0.736. The summed E-state index contributed by atoms with van der Waals surface area (Å²) in [7, 11) is 0. The second kappa shape index (κ2) is 6.38. The lowest BCUT2D eigenvalue weighted by atomic mass is 10.4. The highest BCUT2D eigenvalue weighted by Gasteiger charge is 1.96. The fourth-order valence-electron chi connectivity index (χ4n) is 0.863. The molecule has 0 unspecified atom stereocenters. The van der Waals surface area contributed by atoms with Crippen molar-refractivity contribution in [1.82, 2.24) is 4.90 Å². The van der Waals surface area contributed by atoms with E-state index in [1.807, 2.05) is 6.08 Å². The molecule has 0 heterocycles. The van der Waals surface area contributed by atoms with Crippen LogP contribution in [-0.4, -0.2) is 24.5 Å². The van der Waals surface area contributed by atoms with Gasteiger partial charge in [0, 0.05) is 6.54 Å². The van der Waals surface area contributed by atoms with Crippen LogP contribution in [0, 0.1) is 12.3 Å². The van der Waals surface area contributed by atoms with E-state index < -0.39 is 0 Å². The monoisotopic (exact) mass is 137 g/mol. The van der Waals surface area contributed by atoms with Gasteiger partial charge in [-0.1, -0.05) is 18.9 Å². The van der Waals surface area contributed by atoms with Gasteiger partial charge in [0.1, 0.15) is 0 Å². The standard InChI is InChI=1S/C9H15N/c1-4-7-10(8-5-2)9-6-3/h1,5H,2,6-9H2,3H3. The second-order valence-corrected chi connectivity index (χ2v) is 2.23. The van der Waals surface area contributed by atoms with Gasteiger partial charge in [-0.3, -0.25) is 4.90 Å². The molecular formula is C9H15N. The Balaban J connectivity index is 3.51. The van der Waals surface area contributed by atoms with Crippen molar-refractivity contribution < 1.29 is 0 Å². The minimum Gasteiger partial charge on any atom is -0.289 e. The van der Waals surface area contributed by atoms with E-state index in [-0.39, 0.29) is 0 Å². The molecule has 0 fully saturated rings. The lowest BCUT2D eigenvalue weighted by Gasteiger charge is -2.15. The first-order valence-corrected chi connectivity index (χ1v) is 3.61. The Bertz CT molecular complexity index is 121. The summed E-state index contributed by atoms with van der Waals surface area (Å²) >= 11 is 0. The van der Waals surface area contributed by atoms with Crippen LogP contribution < -0.4 is 0 Å². The van der Waals surface area contributed by atoms with Crippen molar-refractivity contribution in [1.29, 1.82) is 0 Å². The molecule has 10 heavy (non-hydrogen) atoms. The molecule has 0 aromatic heterocycles. The van der Waals surface area contributed by atoms with Gasteiger partial charge in [-0.25, -0.2) is 0 Å². The zero-order valence-corrected chi connectivity index (χ0v) is 6.64. The Labute approximate surface area is 63.7 Å². The summed E-state index contributed by atoms with van der Waals surface area (Å²) < 4.78 is 0. The maximum atomic E-state index is 5.16. The van der Waals surface area contributed by atoms with Crippen LogP contribution in [0.15, 0.2) is 12.7 Å². The van der Waals surface area contributed by atoms with E-state index in [0.717, 1.165) is 26.1 Å². The van der Waals surface area contributed by atoms with E-state index in [2.05, 4.69) is 24.3 Å². The molecule has 56 valence electrons. The third-order valence-electron chi connectivity index (χ3n) is 1.24. The third-order valence-corrected chi connectivity index (χ3v) is 1.24. The highest BCUT2D eigenvalue weighted by molar-refractivity contribution is 4.89. The zero-order valence-electron chi connectivity index (χ0n) is 6.64. The summed E-state index contributed by atoms with van der Waals surface area (Å²) in [6, 6.07) is 0. The summed E-state index contributed by atoms with van der Waals surface area (Å²) in [6.07, 6.45) is 8.19. The Morgan fingerprint density at radius 3 is 2.80 bits per heavy atom. The fraction of sp³-hybridized carbons (Fsp3) is 0.556. The van der Waals surface area contributed by atoms with Gasteiger partial charge in [0.15, 0.2) is 0 Å². The van der Waals surface area contributed by atoms with Crippen molar-refractivity contribution in [3.63, 3.8) is 0 Å². The van der Waals surface area contributed by atoms with Crippen LogP contribution in [0.25, 0.3) is 0 Å². The molecule has 0 aromatic rings. The van der Waals surface area contributed by atoms with E-state index in [1.54, 1.807) is 0 Å². The molecule has 0 amide bonds. The fourth-order valence-corrected chi connectivity index (χ4v) is 0.863. The topological polar surface area (TPSA) is 3.24 Å². The molecule has 0 saturated heterocycles. The first-order valence-electron chi connectivity index (χ1n) is 3.61. The lowest BCUT2D eigenvalue weighted by Crippen LogP contribution is -2.24. The molecule has 1 heteroatoms. The molecule has 0 saturated carbocycles. The predicted molar refractivity (Wildman–Crippen MR) is 45.8 cm³/mol. The van der Waals surface area contributed by atoms with Gasteiger partial charge in [0.05, 0.1) is 6.54 Å². The van der Waals surface area contributed by atoms with Crippen LogP contribution in [0.5, 0.6) is 0 Å². The molecule has 0 radical (unpaired) electrons. The average Bonchev–Trinajstić information content (AvgIpc) is 1.90. The summed E-state index contributed by atoms with van der Waals surface area (Å²) in [6.45, 7) is 8.50. The van der Waals surface area contributed by atoms with Crippen molar-refractivity contribution in [3.8, 4) is 12.3 Å². The zero-order chi connectivity index (χ0) is 7.82. The molecule has 0 bridgehead atoms. The first-order chi connectivity index (χ1) is 4.85. The lowest BCUT2D eigenvalue weighted by molar-refractivity contribution is 0.341. The van der Waals surface area contributed by atoms with Gasteiger partial charge in [0.2, 0.25) is 0 Å². The van der Waals surface area contributed by atoms with Gasteiger partial charge in [-0.15, -0.1) is 13.0 Å². The molecule has 1 nitrogen and oxygen atoms in total. The number of rotatable bonds is 5.